The van der Waals surface area contributed by atoms with Gasteiger partial charge < -0.3 is 25.6 Å². The molecule has 2 aromatic carbocycles. The number of benzene rings is 2. The fraction of sp³-hybridized carbons (Fsp3) is 0.567. The number of carbonyl (C=O) groups is 3. The number of hydrogen-bond acceptors (Lipinski definition) is 5. The standard InChI is InChI=1S/C30H44N4O4/c1-21(38-5)20-31-15-9-16-32-27(35)25(19-22-13-14-23-10-6-7-11-24(23)18-22)33-28(36)26-12-8-17-34(26)29(37)30(2,3)4/h6-7,10-11,13-14,18,21,25-26,31H,8-9,12,15-17,19-20H2,1-5H3,(H,32,35)(H,33,36). The fourth-order valence-electron chi connectivity index (χ4n) is 4.73. The van der Waals surface area contributed by atoms with Gasteiger partial charge in [0.15, 0.2) is 0 Å². The van der Waals surface area contributed by atoms with E-state index in [1.165, 1.54) is 0 Å². The van der Waals surface area contributed by atoms with Gasteiger partial charge in [-0.25, -0.2) is 0 Å². The van der Waals surface area contributed by atoms with Crippen molar-refractivity contribution >= 4 is 28.5 Å². The van der Waals surface area contributed by atoms with Crippen LogP contribution in [0.3, 0.4) is 0 Å². The van der Waals surface area contributed by atoms with Crippen molar-refractivity contribution in [2.24, 2.45) is 5.41 Å². The molecule has 0 spiro atoms. The zero-order chi connectivity index (χ0) is 27.7. The van der Waals surface area contributed by atoms with Crippen LogP contribution >= 0.6 is 0 Å². The van der Waals surface area contributed by atoms with Gasteiger partial charge in [0.2, 0.25) is 17.7 Å². The maximum Gasteiger partial charge on any atom is 0.243 e. The molecule has 208 valence electrons. The molecule has 3 unspecified atom stereocenters. The van der Waals surface area contributed by atoms with Gasteiger partial charge in [0.1, 0.15) is 12.1 Å². The van der Waals surface area contributed by atoms with E-state index in [0.29, 0.717) is 25.9 Å². The van der Waals surface area contributed by atoms with Crippen LogP contribution in [0.2, 0.25) is 0 Å². The number of amides is 3. The summed E-state index contributed by atoms with van der Waals surface area (Å²) in [5, 5.41) is 11.5. The first-order valence-corrected chi connectivity index (χ1v) is 13.7. The predicted molar refractivity (Wildman–Crippen MR) is 151 cm³/mol. The predicted octanol–water partition coefficient (Wildman–Crippen LogP) is 3.04. The molecule has 0 aliphatic carbocycles. The Bertz CT molecular complexity index is 1100. The molecule has 8 nitrogen and oxygen atoms in total. The van der Waals surface area contributed by atoms with Gasteiger partial charge in [-0.1, -0.05) is 63.2 Å². The Balaban J connectivity index is 1.68. The molecule has 3 rings (SSSR count). The summed E-state index contributed by atoms with van der Waals surface area (Å²) < 4.78 is 5.23. The Morgan fingerprint density at radius 1 is 1.08 bits per heavy atom. The highest BCUT2D eigenvalue weighted by molar-refractivity contribution is 5.93. The van der Waals surface area contributed by atoms with Crippen molar-refractivity contribution < 1.29 is 19.1 Å². The minimum Gasteiger partial charge on any atom is -0.380 e. The molecule has 1 aliphatic rings. The van der Waals surface area contributed by atoms with Crippen LogP contribution in [-0.2, 0) is 25.5 Å². The number of nitrogens with one attached hydrogen (secondary N) is 3. The lowest BCUT2D eigenvalue weighted by Crippen LogP contribution is -2.55. The third-order valence-corrected chi connectivity index (χ3v) is 7.01. The Hall–Kier alpha value is -2.97. The van der Waals surface area contributed by atoms with E-state index in [4.69, 9.17) is 4.74 Å². The van der Waals surface area contributed by atoms with Crippen molar-refractivity contribution in [1.29, 1.82) is 0 Å². The lowest BCUT2D eigenvalue weighted by molar-refractivity contribution is -0.145. The highest BCUT2D eigenvalue weighted by Gasteiger charge is 2.39. The third kappa shape index (κ3) is 8.27. The molecule has 0 bridgehead atoms. The number of hydrogen-bond donors (Lipinski definition) is 3. The van der Waals surface area contributed by atoms with Crippen molar-refractivity contribution in [3.8, 4) is 0 Å². The quantitative estimate of drug-likeness (QED) is 0.371. The van der Waals surface area contributed by atoms with E-state index < -0.39 is 17.5 Å². The second-order valence-electron chi connectivity index (χ2n) is 11.2. The van der Waals surface area contributed by atoms with Crippen LogP contribution < -0.4 is 16.0 Å². The summed E-state index contributed by atoms with van der Waals surface area (Å²) >= 11 is 0. The molecular formula is C30H44N4O4. The van der Waals surface area contributed by atoms with Gasteiger partial charge in [-0.3, -0.25) is 14.4 Å². The van der Waals surface area contributed by atoms with Gasteiger partial charge in [0.05, 0.1) is 6.10 Å². The summed E-state index contributed by atoms with van der Waals surface area (Å²) in [6.07, 6.45) is 2.63. The van der Waals surface area contributed by atoms with Crippen LogP contribution in [0.4, 0.5) is 0 Å². The van der Waals surface area contributed by atoms with E-state index in [1.54, 1.807) is 12.0 Å². The van der Waals surface area contributed by atoms with Gasteiger partial charge in [-0.15, -0.1) is 0 Å². The minimum absolute atomic E-state index is 0.0408. The summed E-state index contributed by atoms with van der Waals surface area (Å²) in [7, 11) is 1.68. The first-order chi connectivity index (χ1) is 18.1. The van der Waals surface area contributed by atoms with Crippen LogP contribution in [0.15, 0.2) is 42.5 Å². The Morgan fingerprint density at radius 3 is 2.53 bits per heavy atom. The van der Waals surface area contributed by atoms with Crippen LogP contribution in [-0.4, -0.2) is 74.1 Å². The zero-order valence-electron chi connectivity index (χ0n) is 23.5. The van der Waals surface area contributed by atoms with Crippen molar-refractivity contribution in [3.63, 3.8) is 0 Å². The van der Waals surface area contributed by atoms with Gasteiger partial charge in [-0.05, 0) is 49.1 Å². The lowest BCUT2D eigenvalue weighted by Gasteiger charge is -2.31. The number of nitrogens with zero attached hydrogens (tertiary/aromatic N) is 1. The third-order valence-electron chi connectivity index (χ3n) is 7.01. The van der Waals surface area contributed by atoms with E-state index in [-0.39, 0.29) is 23.8 Å². The molecule has 1 saturated heterocycles. The molecule has 0 aromatic heterocycles. The van der Waals surface area contributed by atoms with Gasteiger partial charge in [0, 0.05) is 38.6 Å². The van der Waals surface area contributed by atoms with E-state index in [0.717, 1.165) is 42.3 Å². The first-order valence-electron chi connectivity index (χ1n) is 13.7. The minimum atomic E-state index is -0.739. The summed E-state index contributed by atoms with van der Waals surface area (Å²) in [5.74, 6) is -0.527. The van der Waals surface area contributed by atoms with Crippen LogP contribution in [0.5, 0.6) is 0 Å². The average molecular weight is 525 g/mol. The molecule has 1 aliphatic heterocycles. The maximum absolute atomic E-state index is 13.4. The molecule has 3 amide bonds. The second-order valence-corrected chi connectivity index (χ2v) is 11.2. The van der Waals surface area contributed by atoms with Gasteiger partial charge in [-0.2, -0.15) is 0 Å². The average Bonchev–Trinajstić information content (AvgIpc) is 3.38. The van der Waals surface area contributed by atoms with Crippen molar-refractivity contribution in [2.45, 2.75) is 71.6 Å². The normalized spacial score (nSPS) is 17.3. The number of ether oxygens (including phenoxy) is 1. The molecule has 3 atom stereocenters. The molecule has 2 aromatic rings. The summed E-state index contributed by atoms with van der Waals surface area (Å²) in [5.41, 5.74) is 0.397. The Morgan fingerprint density at radius 2 is 1.82 bits per heavy atom. The number of carbonyl (C=O) groups excluding carboxylic acids is 3. The first kappa shape index (κ1) is 29.6. The largest absolute Gasteiger partial charge is 0.380 e. The molecule has 1 fully saturated rings. The highest BCUT2D eigenvalue weighted by Crippen LogP contribution is 2.26. The van der Waals surface area contributed by atoms with Crippen LogP contribution in [0.25, 0.3) is 10.8 Å². The molecule has 8 heteroatoms. The number of fused-ring (bicyclic) bond motifs is 1. The lowest BCUT2D eigenvalue weighted by atomic mass is 9.94. The molecule has 3 N–H and O–H groups in total. The van der Waals surface area contributed by atoms with E-state index >= 15 is 0 Å². The zero-order valence-corrected chi connectivity index (χ0v) is 23.5. The van der Waals surface area contributed by atoms with Crippen molar-refractivity contribution in [2.75, 3.05) is 33.3 Å². The molecule has 38 heavy (non-hydrogen) atoms. The van der Waals surface area contributed by atoms with Gasteiger partial charge >= 0.3 is 0 Å². The van der Waals surface area contributed by atoms with Crippen LogP contribution in [0.1, 0.15) is 52.5 Å². The number of likely N-dealkylation sites (tertiary alicyclic amines) is 1. The summed E-state index contributed by atoms with van der Waals surface area (Å²) in [6.45, 7) is 10.1. The SMILES string of the molecule is COC(C)CNCCCNC(=O)C(Cc1ccc2ccccc2c1)NC(=O)C1CCCN1C(=O)C(C)(C)C. The Labute approximate surface area is 226 Å². The maximum atomic E-state index is 13.4. The van der Waals surface area contributed by atoms with E-state index in [2.05, 4.69) is 22.0 Å². The molecular weight excluding hydrogens is 480 g/mol. The topological polar surface area (TPSA) is 99.8 Å². The number of methoxy groups -OCH3 is 1. The van der Waals surface area contributed by atoms with Crippen molar-refractivity contribution in [3.05, 3.63) is 48.0 Å². The van der Waals surface area contributed by atoms with Crippen LogP contribution in [0, 0.1) is 5.41 Å². The second kappa shape index (κ2) is 13.7. The van der Waals surface area contributed by atoms with E-state index in [1.807, 2.05) is 64.1 Å². The monoisotopic (exact) mass is 524 g/mol. The highest BCUT2D eigenvalue weighted by atomic mass is 16.5. The van der Waals surface area contributed by atoms with Gasteiger partial charge in [0.25, 0.3) is 0 Å². The fourth-order valence-corrected chi connectivity index (χ4v) is 4.73. The number of rotatable bonds is 12. The summed E-state index contributed by atoms with van der Waals surface area (Å²) in [6, 6.07) is 12.9. The molecule has 1 heterocycles. The Kier molecular flexibility index (Phi) is 10.7. The van der Waals surface area contributed by atoms with E-state index in [9.17, 15) is 14.4 Å². The van der Waals surface area contributed by atoms with Crippen molar-refractivity contribution in [1.82, 2.24) is 20.9 Å². The summed E-state index contributed by atoms with van der Waals surface area (Å²) in [4.78, 5) is 41.3. The molecule has 0 saturated carbocycles. The smallest absolute Gasteiger partial charge is 0.243 e. The molecule has 0 radical (unpaired) electrons.